The van der Waals surface area contributed by atoms with Crippen LogP contribution in [0.25, 0.3) is 21.7 Å². The molecule has 1 amide bonds. The number of pyridine rings is 1. The molecule has 0 spiro atoms. The number of carbonyl (C=O) groups excluding carboxylic acids is 1. The Morgan fingerprint density at radius 1 is 1.14 bits per heavy atom. The Labute approximate surface area is 208 Å². The lowest BCUT2D eigenvalue weighted by molar-refractivity contribution is -0.129. The Hall–Kier alpha value is -3.95. The van der Waals surface area contributed by atoms with E-state index in [1.54, 1.807) is 23.8 Å². The molecular weight excluding hydrogens is 461 g/mol. The van der Waals surface area contributed by atoms with E-state index in [1.165, 1.54) is 12.1 Å². The maximum Gasteiger partial charge on any atom is 0.228 e. The first kappa shape index (κ1) is 23.8. The van der Waals surface area contributed by atoms with E-state index < -0.39 is 0 Å². The van der Waals surface area contributed by atoms with E-state index in [-0.39, 0.29) is 23.6 Å². The van der Waals surface area contributed by atoms with Gasteiger partial charge in [-0.15, -0.1) is 0 Å². The van der Waals surface area contributed by atoms with Crippen molar-refractivity contribution in [3.63, 3.8) is 0 Å². The van der Waals surface area contributed by atoms with Gasteiger partial charge in [0, 0.05) is 64.0 Å². The lowest BCUT2D eigenvalue weighted by atomic mass is 10.1. The average molecular weight is 492 g/mol. The molecule has 0 bridgehead atoms. The number of aromatic hydroxyl groups is 1. The fourth-order valence-corrected chi connectivity index (χ4v) is 4.67. The van der Waals surface area contributed by atoms with E-state index in [2.05, 4.69) is 4.98 Å². The quantitative estimate of drug-likeness (QED) is 0.455. The minimum absolute atomic E-state index is 0.0440. The molecule has 4 aromatic rings. The number of anilines is 2. The van der Waals surface area contributed by atoms with Crippen LogP contribution in [0.15, 0.2) is 36.7 Å². The minimum atomic E-state index is -0.288. The van der Waals surface area contributed by atoms with Crippen LogP contribution in [-0.2, 0) is 11.3 Å². The number of carbonyl (C=O) groups is 1. The summed E-state index contributed by atoms with van der Waals surface area (Å²) in [5.41, 5.74) is 1.30. The molecule has 3 aromatic heterocycles. The molecular formula is C26H30FN7O2. The van der Waals surface area contributed by atoms with Gasteiger partial charge < -0.3 is 24.4 Å². The Bertz CT molecular complexity index is 1440. The van der Waals surface area contributed by atoms with Gasteiger partial charge in [-0.05, 0) is 37.4 Å². The van der Waals surface area contributed by atoms with Crippen molar-refractivity contribution in [2.75, 3.05) is 43.0 Å². The van der Waals surface area contributed by atoms with Crippen molar-refractivity contribution in [3.05, 3.63) is 48.2 Å². The molecule has 36 heavy (non-hydrogen) atoms. The highest BCUT2D eigenvalue weighted by Gasteiger charge is 2.25. The molecule has 0 unspecified atom stereocenters. The van der Waals surface area contributed by atoms with Crippen LogP contribution < -0.4 is 9.80 Å². The van der Waals surface area contributed by atoms with Gasteiger partial charge in [-0.3, -0.25) is 9.78 Å². The molecule has 1 fully saturated rings. The van der Waals surface area contributed by atoms with Gasteiger partial charge in [0.15, 0.2) is 0 Å². The fraction of sp³-hybridized carbons (Fsp3) is 0.385. The van der Waals surface area contributed by atoms with Gasteiger partial charge in [0.1, 0.15) is 17.2 Å². The first-order valence-electron chi connectivity index (χ1n) is 12.1. The lowest BCUT2D eigenvalue weighted by Gasteiger charge is -2.34. The van der Waals surface area contributed by atoms with E-state index in [9.17, 15) is 14.3 Å². The average Bonchev–Trinajstić information content (AvgIpc) is 3.20. The molecule has 4 heterocycles. The number of fused-ring (bicyclic) bond motifs is 2. The zero-order valence-corrected chi connectivity index (χ0v) is 20.9. The van der Waals surface area contributed by atoms with E-state index >= 15 is 0 Å². The third kappa shape index (κ3) is 4.38. The second-order valence-electron chi connectivity index (χ2n) is 9.58. The van der Waals surface area contributed by atoms with Crippen molar-refractivity contribution in [1.82, 2.24) is 24.4 Å². The highest BCUT2D eigenvalue weighted by molar-refractivity contribution is 5.94. The smallest absolute Gasteiger partial charge is 0.228 e. The molecule has 1 aliphatic heterocycles. The standard InChI is InChI=1S/C26H30FN7O2/c1-16(2)34-15-22-23(25(34)36)29-26(33-9-7-32(8-10-33)17(3)35)30-24(22)31(4)14-21-12-18-5-6-20(27)11-19(18)13-28-21/h5-6,11-13,15-16,36H,7-10,14H2,1-4H3. The number of benzene rings is 1. The Morgan fingerprint density at radius 3 is 2.58 bits per heavy atom. The molecule has 188 valence electrons. The summed E-state index contributed by atoms with van der Waals surface area (Å²) < 4.78 is 15.4. The summed E-state index contributed by atoms with van der Waals surface area (Å²) in [5, 5.41) is 13.4. The largest absolute Gasteiger partial charge is 0.493 e. The highest BCUT2D eigenvalue weighted by Crippen LogP contribution is 2.35. The normalized spacial score (nSPS) is 14.3. The number of piperazine rings is 1. The van der Waals surface area contributed by atoms with Crippen molar-refractivity contribution < 1.29 is 14.3 Å². The molecule has 0 aliphatic carbocycles. The minimum Gasteiger partial charge on any atom is -0.493 e. The van der Waals surface area contributed by atoms with Crippen LogP contribution >= 0.6 is 0 Å². The number of nitrogens with zero attached hydrogens (tertiary/aromatic N) is 7. The van der Waals surface area contributed by atoms with Crippen molar-refractivity contribution in [2.24, 2.45) is 0 Å². The van der Waals surface area contributed by atoms with Crippen LogP contribution in [0, 0.1) is 5.82 Å². The molecule has 5 rings (SSSR count). The number of amides is 1. The lowest BCUT2D eigenvalue weighted by Crippen LogP contribution is -2.48. The summed E-state index contributed by atoms with van der Waals surface area (Å²) in [6.45, 7) is 8.47. The van der Waals surface area contributed by atoms with Gasteiger partial charge in [0.05, 0.1) is 17.6 Å². The summed E-state index contributed by atoms with van der Waals surface area (Å²) in [4.78, 5) is 31.8. The summed E-state index contributed by atoms with van der Waals surface area (Å²) in [6, 6.07) is 6.65. The monoisotopic (exact) mass is 491 g/mol. The van der Waals surface area contributed by atoms with Crippen molar-refractivity contribution in [1.29, 1.82) is 0 Å². The van der Waals surface area contributed by atoms with Gasteiger partial charge in [0.25, 0.3) is 0 Å². The van der Waals surface area contributed by atoms with Crippen molar-refractivity contribution in [3.8, 4) is 5.88 Å². The third-order valence-electron chi connectivity index (χ3n) is 6.70. The summed E-state index contributed by atoms with van der Waals surface area (Å²) >= 11 is 0. The molecule has 0 radical (unpaired) electrons. The van der Waals surface area contributed by atoms with Crippen LogP contribution in [0.1, 0.15) is 32.5 Å². The molecule has 1 aliphatic rings. The van der Waals surface area contributed by atoms with Crippen LogP contribution in [0.2, 0.25) is 0 Å². The molecule has 9 nitrogen and oxygen atoms in total. The molecule has 1 N–H and O–H groups in total. The molecule has 0 atom stereocenters. The second-order valence-corrected chi connectivity index (χ2v) is 9.58. The van der Waals surface area contributed by atoms with Crippen LogP contribution in [-0.4, -0.2) is 68.7 Å². The summed E-state index contributed by atoms with van der Waals surface area (Å²) in [6.07, 6.45) is 3.56. The van der Waals surface area contributed by atoms with Crippen LogP contribution in [0.3, 0.4) is 0 Å². The fourth-order valence-electron chi connectivity index (χ4n) is 4.67. The third-order valence-corrected chi connectivity index (χ3v) is 6.70. The van der Waals surface area contributed by atoms with Crippen LogP contribution in [0.4, 0.5) is 16.2 Å². The maximum atomic E-state index is 13.6. The zero-order chi connectivity index (χ0) is 25.6. The Balaban J connectivity index is 1.52. The summed E-state index contributed by atoms with van der Waals surface area (Å²) in [5.74, 6) is 1.07. The first-order valence-corrected chi connectivity index (χ1v) is 12.1. The van der Waals surface area contributed by atoms with Gasteiger partial charge in [-0.1, -0.05) is 6.07 Å². The van der Waals surface area contributed by atoms with Gasteiger partial charge >= 0.3 is 0 Å². The second kappa shape index (κ2) is 9.25. The van der Waals surface area contributed by atoms with E-state index in [4.69, 9.17) is 9.97 Å². The van der Waals surface area contributed by atoms with Gasteiger partial charge in [0.2, 0.25) is 17.7 Å². The highest BCUT2D eigenvalue weighted by atomic mass is 19.1. The van der Waals surface area contributed by atoms with Gasteiger partial charge in [-0.25, -0.2) is 9.37 Å². The van der Waals surface area contributed by atoms with Crippen molar-refractivity contribution >= 4 is 39.3 Å². The predicted molar refractivity (Wildman–Crippen MR) is 138 cm³/mol. The van der Waals surface area contributed by atoms with E-state index in [1.807, 2.05) is 47.9 Å². The maximum absolute atomic E-state index is 13.6. The molecule has 10 heteroatoms. The first-order chi connectivity index (χ1) is 17.2. The Kier molecular flexibility index (Phi) is 6.11. The predicted octanol–water partition coefficient (Wildman–Crippen LogP) is 3.71. The molecule has 1 saturated heterocycles. The number of aromatic nitrogens is 4. The van der Waals surface area contributed by atoms with Crippen LogP contribution in [0.5, 0.6) is 5.88 Å². The molecule has 0 saturated carbocycles. The number of rotatable bonds is 5. The van der Waals surface area contributed by atoms with Gasteiger partial charge in [-0.2, -0.15) is 4.98 Å². The number of hydrogen-bond acceptors (Lipinski definition) is 7. The van der Waals surface area contributed by atoms with Crippen molar-refractivity contribution in [2.45, 2.75) is 33.4 Å². The number of hydrogen-bond donors (Lipinski definition) is 1. The number of halogens is 1. The van der Waals surface area contributed by atoms with E-state index in [0.717, 1.165) is 21.9 Å². The Morgan fingerprint density at radius 2 is 1.89 bits per heavy atom. The van der Waals surface area contributed by atoms with E-state index in [0.29, 0.717) is 50.0 Å². The molecule has 1 aromatic carbocycles. The summed E-state index contributed by atoms with van der Waals surface area (Å²) in [7, 11) is 1.93. The SMILES string of the molecule is CC(=O)N1CCN(c2nc(N(C)Cc3cc4ccc(F)cc4cn3)c3cn(C(C)C)c(O)c3n2)CC1. The zero-order valence-electron chi connectivity index (χ0n) is 20.9. The topological polar surface area (TPSA) is 90.6 Å².